The number of aromatic nitrogens is 2. The van der Waals surface area contributed by atoms with Gasteiger partial charge in [-0.2, -0.15) is 5.10 Å². The molecule has 1 aromatic heterocycles. The Kier molecular flexibility index (Phi) is 8.63. The summed E-state index contributed by atoms with van der Waals surface area (Å²) in [6.45, 7) is 2.46. The molecule has 1 atom stereocenters. The monoisotopic (exact) mass is 566 g/mol. The minimum atomic E-state index is 0. The smallest absolute Gasteiger partial charge is 0.191 e. The second-order valence-corrected chi connectivity index (χ2v) is 7.87. The molecule has 1 unspecified atom stereocenters. The number of nitrogens with zero attached hydrogens (tertiary/aromatic N) is 4. The molecule has 0 bridgehead atoms. The van der Waals surface area contributed by atoms with Crippen LogP contribution in [0.15, 0.2) is 65.9 Å². The number of halogens is 2. The zero-order valence-corrected chi connectivity index (χ0v) is 21.2. The van der Waals surface area contributed by atoms with Gasteiger partial charge in [0.1, 0.15) is 5.75 Å². The molecular formula is C23H28ClIN6O. The highest BCUT2D eigenvalue weighted by Gasteiger charge is 2.25. The van der Waals surface area contributed by atoms with Crippen LogP contribution in [-0.4, -0.2) is 49.0 Å². The SMILES string of the molecule is CN=C(NCc1cccc(-n2cccn2)c1)NC1CCN(c2cc(Cl)ccc2OC)C1.I. The van der Waals surface area contributed by atoms with Crippen molar-refractivity contribution in [3.05, 3.63) is 71.5 Å². The van der Waals surface area contributed by atoms with Gasteiger partial charge in [0.2, 0.25) is 0 Å². The van der Waals surface area contributed by atoms with Crippen LogP contribution in [0.2, 0.25) is 5.02 Å². The summed E-state index contributed by atoms with van der Waals surface area (Å²) in [4.78, 5) is 6.69. The number of guanidine groups is 1. The molecule has 2 heterocycles. The quantitative estimate of drug-likeness (QED) is 0.267. The Balaban J connectivity index is 0.00000289. The van der Waals surface area contributed by atoms with Crippen molar-refractivity contribution in [2.24, 2.45) is 4.99 Å². The van der Waals surface area contributed by atoms with Gasteiger partial charge in [-0.3, -0.25) is 4.99 Å². The summed E-state index contributed by atoms with van der Waals surface area (Å²) in [5.74, 6) is 1.62. The minimum Gasteiger partial charge on any atom is -0.495 e. The van der Waals surface area contributed by atoms with Crippen LogP contribution in [0, 0.1) is 0 Å². The minimum absolute atomic E-state index is 0. The summed E-state index contributed by atoms with van der Waals surface area (Å²) in [5, 5.41) is 12.0. The highest BCUT2D eigenvalue weighted by atomic mass is 127. The maximum absolute atomic E-state index is 6.21. The van der Waals surface area contributed by atoms with Crippen LogP contribution in [-0.2, 0) is 6.54 Å². The van der Waals surface area contributed by atoms with Gasteiger partial charge in [0.15, 0.2) is 5.96 Å². The molecule has 32 heavy (non-hydrogen) atoms. The molecule has 1 aliphatic heterocycles. The number of nitrogens with one attached hydrogen (secondary N) is 2. The highest BCUT2D eigenvalue weighted by Crippen LogP contribution is 2.33. The van der Waals surface area contributed by atoms with E-state index in [-0.39, 0.29) is 30.0 Å². The van der Waals surface area contributed by atoms with Crippen molar-refractivity contribution in [3.63, 3.8) is 0 Å². The third kappa shape index (κ3) is 5.86. The van der Waals surface area contributed by atoms with Crippen molar-refractivity contribution >= 4 is 47.2 Å². The number of hydrogen-bond donors (Lipinski definition) is 2. The lowest BCUT2D eigenvalue weighted by molar-refractivity contribution is 0.415. The molecule has 7 nitrogen and oxygen atoms in total. The van der Waals surface area contributed by atoms with Gasteiger partial charge < -0.3 is 20.3 Å². The first-order valence-corrected chi connectivity index (χ1v) is 10.7. The molecule has 170 valence electrons. The van der Waals surface area contributed by atoms with Crippen molar-refractivity contribution in [3.8, 4) is 11.4 Å². The predicted molar refractivity (Wildman–Crippen MR) is 141 cm³/mol. The Hall–Kier alpha value is -2.46. The molecule has 1 fully saturated rings. The molecular weight excluding hydrogens is 539 g/mol. The number of aliphatic imine (C=N–C) groups is 1. The van der Waals surface area contributed by atoms with Crippen molar-refractivity contribution in [2.75, 3.05) is 32.1 Å². The summed E-state index contributed by atoms with van der Waals surface area (Å²) >= 11 is 6.21. The summed E-state index contributed by atoms with van der Waals surface area (Å²) < 4.78 is 7.37. The normalized spacial score (nSPS) is 15.9. The average Bonchev–Trinajstić information content (AvgIpc) is 3.49. The number of methoxy groups -OCH3 is 1. The Labute approximate surface area is 210 Å². The largest absolute Gasteiger partial charge is 0.495 e. The second kappa shape index (κ2) is 11.4. The third-order valence-electron chi connectivity index (χ3n) is 5.37. The van der Waals surface area contributed by atoms with Crippen LogP contribution in [0.5, 0.6) is 5.75 Å². The number of ether oxygens (including phenoxy) is 1. The summed E-state index contributed by atoms with van der Waals surface area (Å²) in [6, 6.07) is 16.2. The van der Waals surface area contributed by atoms with Gasteiger partial charge in [0.25, 0.3) is 0 Å². The molecule has 0 aliphatic carbocycles. The van der Waals surface area contributed by atoms with E-state index in [1.807, 2.05) is 47.3 Å². The van der Waals surface area contributed by atoms with Crippen LogP contribution in [0.1, 0.15) is 12.0 Å². The van der Waals surface area contributed by atoms with Crippen LogP contribution < -0.4 is 20.3 Å². The molecule has 1 saturated heterocycles. The first kappa shape index (κ1) is 24.2. The third-order valence-corrected chi connectivity index (χ3v) is 5.61. The number of benzene rings is 2. The van der Waals surface area contributed by atoms with E-state index in [1.165, 1.54) is 0 Å². The van der Waals surface area contributed by atoms with Crippen molar-refractivity contribution in [1.29, 1.82) is 0 Å². The van der Waals surface area contributed by atoms with E-state index in [0.717, 1.165) is 48.2 Å². The number of anilines is 1. The van der Waals surface area contributed by atoms with Gasteiger partial charge in [0, 0.05) is 50.1 Å². The van der Waals surface area contributed by atoms with Gasteiger partial charge in [-0.15, -0.1) is 24.0 Å². The standard InChI is InChI=1S/C23H27ClN6O.HI/c1-25-23(26-15-17-5-3-6-20(13-17)30-11-4-10-27-30)28-19-9-12-29(16-19)21-14-18(24)7-8-22(21)31-2;/h3-8,10-11,13-14,19H,9,12,15-16H2,1-2H3,(H2,25,26,28);1H. The molecule has 1 aliphatic rings. The van der Waals surface area contributed by atoms with Crippen molar-refractivity contribution in [1.82, 2.24) is 20.4 Å². The molecule has 2 aromatic carbocycles. The van der Waals surface area contributed by atoms with Gasteiger partial charge in [-0.1, -0.05) is 23.7 Å². The van der Waals surface area contributed by atoms with Gasteiger partial charge >= 0.3 is 0 Å². The van der Waals surface area contributed by atoms with Crippen LogP contribution >= 0.6 is 35.6 Å². The maximum Gasteiger partial charge on any atom is 0.191 e. The Bertz CT molecular complexity index is 1040. The second-order valence-electron chi connectivity index (χ2n) is 7.44. The molecule has 4 rings (SSSR count). The fourth-order valence-corrected chi connectivity index (χ4v) is 3.98. The van der Waals surface area contributed by atoms with E-state index in [9.17, 15) is 0 Å². The Morgan fingerprint density at radius 3 is 2.88 bits per heavy atom. The molecule has 0 amide bonds. The van der Waals surface area contributed by atoms with Gasteiger partial charge in [-0.25, -0.2) is 4.68 Å². The van der Waals surface area contributed by atoms with Crippen molar-refractivity contribution < 1.29 is 4.74 Å². The lowest BCUT2D eigenvalue weighted by Crippen LogP contribution is -2.44. The van der Waals surface area contributed by atoms with Crippen molar-refractivity contribution in [2.45, 2.75) is 19.0 Å². The predicted octanol–water partition coefficient (Wildman–Crippen LogP) is 4.10. The molecule has 3 aromatic rings. The lowest BCUT2D eigenvalue weighted by atomic mass is 10.2. The Morgan fingerprint density at radius 2 is 2.12 bits per heavy atom. The fourth-order valence-electron chi connectivity index (χ4n) is 3.81. The van der Waals surface area contributed by atoms with E-state index in [0.29, 0.717) is 11.6 Å². The Morgan fingerprint density at radius 1 is 1.25 bits per heavy atom. The lowest BCUT2D eigenvalue weighted by Gasteiger charge is -2.22. The van der Waals surface area contributed by atoms with E-state index >= 15 is 0 Å². The molecule has 9 heteroatoms. The summed E-state index contributed by atoms with van der Waals surface area (Å²) in [5.41, 5.74) is 3.22. The molecule has 0 saturated carbocycles. The summed E-state index contributed by atoms with van der Waals surface area (Å²) in [6.07, 6.45) is 4.72. The van der Waals surface area contributed by atoms with Crippen LogP contribution in [0.4, 0.5) is 5.69 Å². The molecule has 0 radical (unpaired) electrons. The maximum atomic E-state index is 6.21. The van der Waals surface area contributed by atoms with E-state index < -0.39 is 0 Å². The summed E-state index contributed by atoms with van der Waals surface area (Å²) in [7, 11) is 3.48. The number of hydrogen-bond acceptors (Lipinski definition) is 4. The number of rotatable bonds is 6. The highest BCUT2D eigenvalue weighted by molar-refractivity contribution is 14.0. The first-order valence-electron chi connectivity index (χ1n) is 10.3. The first-order chi connectivity index (χ1) is 15.2. The van der Waals surface area contributed by atoms with Gasteiger partial charge in [0.05, 0.1) is 18.5 Å². The van der Waals surface area contributed by atoms with E-state index in [1.54, 1.807) is 20.4 Å². The molecule has 2 N–H and O–H groups in total. The van der Waals surface area contributed by atoms with E-state index in [2.05, 4.69) is 37.8 Å². The van der Waals surface area contributed by atoms with Gasteiger partial charge in [-0.05, 0) is 48.4 Å². The zero-order chi connectivity index (χ0) is 21.6. The molecule has 0 spiro atoms. The average molecular weight is 567 g/mol. The van der Waals surface area contributed by atoms with Crippen LogP contribution in [0.25, 0.3) is 5.69 Å². The van der Waals surface area contributed by atoms with Crippen LogP contribution in [0.3, 0.4) is 0 Å². The van der Waals surface area contributed by atoms with E-state index in [4.69, 9.17) is 16.3 Å². The zero-order valence-electron chi connectivity index (χ0n) is 18.2. The fraction of sp³-hybridized carbons (Fsp3) is 0.304. The topological polar surface area (TPSA) is 66.7 Å².